The summed E-state index contributed by atoms with van der Waals surface area (Å²) < 4.78 is 0. The summed E-state index contributed by atoms with van der Waals surface area (Å²) in [6, 6.07) is 12.2. The summed E-state index contributed by atoms with van der Waals surface area (Å²) in [5.41, 5.74) is 2.07. The van der Waals surface area contributed by atoms with E-state index in [0.29, 0.717) is 45.2 Å². The summed E-state index contributed by atoms with van der Waals surface area (Å²) in [5.74, 6) is 0.611. The Bertz CT molecular complexity index is 981. The molecule has 3 heterocycles. The van der Waals surface area contributed by atoms with Crippen molar-refractivity contribution in [1.82, 2.24) is 30.0 Å². The van der Waals surface area contributed by atoms with Crippen LogP contribution < -0.4 is 15.8 Å². The summed E-state index contributed by atoms with van der Waals surface area (Å²) >= 11 is 0. The molecule has 0 unspecified atom stereocenters. The molecule has 2 N–H and O–H groups in total. The van der Waals surface area contributed by atoms with E-state index in [0.717, 1.165) is 57.7 Å². The van der Waals surface area contributed by atoms with Gasteiger partial charge in [0.05, 0.1) is 5.69 Å². The fraction of sp³-hybridized carbons (Fsp3) is 0.577. The molecule has 0 atom stereocenters. The number of urea groups is 1. The lowest BCUT2D eigenvalue weighted by Crippen LogP contribution is -2.52. The minimum Gasteiger partial charge on any atom is -0.339 e. The third-order valence-corrected chi connectivity index (χ3v) is 6.87. The number of H-pyrrole nitrogens is 1. The van der Waals surface area contributed by atoms with Crippen LogP contribution in [0.1, 0.15) is 31.0 Å². The molecule has 4 rings (SSSR count). The predicted octanol–water partition coefficient (Wildman–Crippen LogP) is 1.76. The van der Waals surface area contributed by atoms with E-state index in [1.807, 2.05) is 4.90 Å². The van der Waals surface area contributed by atoms with Crippen LogP contribution in [-0.4, -0.2) is 96.1 Å². The number of hydrogen-bond acceptors (Lipinski definition) is 6. The smallest absolute Gasteiger partial charge is 0.317 e. The fourth-order valence-electron chi connectivity index (χ4n) is 4.66. The molecule has 35 heavy (non-hydrogen) atoms. The average Bonchev–Trinajstić information content (AvgIpc) is 2.89. The molecule has 0 spiro atoms. The zero-order valence-corrected chi connectivity index (χ0v) is 20.9. The van der Waals surface area contributed by atoms with E-state index in [1.54, 1.807) is 6.07 Å². The quantitative estimate of drug-likeness (QED) is 0.531. The molecule has 0 saturated carbocycles. The van der Waals surface area contributed by atoms with Crippen LogP contribution in [0.15, 0.2) is 41.2 Å². The lowest BCUT2D eigenvalue weighted by atomic mass is 10.1. The van der Waals surface area contributed by atoms with Crippen LogP contribution in [0.4, 0.5) is 10.7 Å². The van der Waals surface area contributed by atoms with Gasteiger partial charge in [0, 0.05) is 78.1 Å². The number of aromatic nitrogens is 2. The first-order chi connectivity index (χ1) is 17.1. The zero-order valence-electron chi connectivity index (χ0n) is 20.9. The van der Waals surface area contributed by atoms with Crippen molar-refractivity contribution in [3.8, 4) is 0 Å². The molecule has 2 aliphatic heterocycles. The van der Waals surface area contributed by atoms with Gasteiger partial charge in [-0.3, -0.25) is 14.7 Å². The van der Waals surface area contributed by atoms with E-state index in [9.17, 15) is 9.59 Å². The largest absolute Gasteiger partial charge is 0.339 e. The highest BCUT2D eigenvalue weighted by Gasteiger charge is 2.23. The van der Waals surface area contributed by atoms with E-state index in [1.165, 1.54) is 5.56 Å². The molecular formula is C26H39N7O2. The fourth-order valence-corrected chi connectivity index (χ4v) is 4.66. The van der Waals surface area contributed by atoms with Crippen LogP contribution in [0, 0.1) is 0 Å². The van der Waals surface area contributed by atoms with Gasteiger partial charge < -0.3 is 20.0 Å². The molecule has 2 fully saturated rings. The second kappa shape index (κ2) is 12.7. The van der Waals surface area contributed by atoms with Crippen molar-refractivity contribution >= 4 is 12.0 Å². The molecule has 2 amide bonds. The third-order valence-electron chi connectivity index (χ3n) is 6.87. The number of nitrogens with zero attached hydrogens (tertiary/aromatic N) is 5. The highest BCUT2D eigenvalue weighted by Crippen LogP contribution is 2.13. The molecule has 9 heteroatoms. The highest BCUT2D eigenvalue weighted by atomic mass is 16.2. The van der Waals surface area contributed by atoms with E-state index < -0.39 is 0 Å². The third kappa shape index (κ3) is 7.53. The first kappa shape index (κ1) is 25.2. The Morgan fingerprint density at radius 1 is 1.00 bits per heavy atom. The number of carbonyl (C=O) groups is 1. The summed E-state index contributed by atoms with van der Waals surface area (Å²) in [4.78, 5) is 41.1. The molecule has 2 saturated heterocycles. The number of piperazine rings is 2. The van der Waals surface area contributed by atoms with Crippen LogP contribution in [-0.2, 0) is 13.0 Å². The molecule has 0 radical (unpaired) electrons. The van der Waals surface area contributed by atoms with E-state index in [-0.39, 0.29) is 11.6 Å². The van der Waals surface area contributed by atoms with Gasteiger partial charge in [-0.2, -0.15) is 0 Å². The van der Waals surface area contributed by atoms with Crippen molar-refractivity contribution in [1.29, 1.82) is 0 Å². The first-order valence-corrected chi connectivity index (χ1v) is 13.0. The molecule has 0 aliphatic carbocycles. The normalized spacial score (nSPS) is 17.5. The summed E-state index contributed by atoms with van der Waals surface area (Å²) in [7, 11) is 0. The molecule has 2 aromatic rings. The van der Waals surface area contributed by atoms with Gasteiger partial charge in [-0.25, -0.2) is 9.78 Å². The van der Waals surface area contributed by atoms with Crippen molar-refractivity contribution in [2.24, 2.45) is 0 Å². The van der Waals surface area contributed by atoms with Crippen LogP contribution in [0.2, 0.25) is 0 Å². The van der Waals surface area contributed by atoms with Crippen LogP contribution in [0.3, 0.4) is 0 Å². The molecule has 190 valence electrons. The van der Waals surface area contributed by atoms with Crippen LogP contribution in [0.5, 0.6) is 0 Å². The van der Waals surface area contributed by atoms with Crippen LogP contribution >= 0.6 is 0 Å². The van der Waals surface area contributed by atoms with Crippen molar-refractivity contribution in [3.05, 3.63) is 58.0 Å². The number of anilines is 1. The molecule has 2 aliphatic rings. The Hall–Kier alpha value is -2.91. The maximum absolute atomic E-state index is 12.4. The number of carbonyl (C=O) groups excluding carboxylic acids is 1. The lowest BCUT2D eigenvalue weighted by molar-refractivity contribution is 0.127. The van der Waals surface area contributed by atoms with Gasteiger partial charge in [0.1, 0.15) is 0 Å². The lowest BCUT2D eigenvalue weighted by Gasteiger charge is -2.36. The van der Waals surface area contributed by atoms with E-state index in [2.05, 4.69) is 62.3 Å². The number of hydrogen-bond donors (Lipinski definition) is 2. The first-order valence-electron chi connectivity index (χ1n) is 13.0. The molecule has 1 aromatic carbocycles. The summed E-state index contributed by atoms with van der Waals surface area (Å²) in [6.45, 7) is 11.2. The number of aromatic amines is 1. The Morgan fingerprint density at radius 2 is 1.71 bits per heavy atom. The SMILES string of the molecule is CCCCNC(=O)N1CCN(c2nc(CN3CCN(CCc4ccccc4)CC3)cc(=O)[nH]2)CC1. The second-order valence-electron chi connectivity index (χ2n) is 9.47. The van der Waals surface area contributed by atoms with Gasteiger partial charge in [0.2, 0.25) is 5.95 Å². The van der Waals surface area contributed by atoms with Gasteiger partial charge in [-0.15, -0.1) is 0 Å². The number of nitrogens with one attached hydrogen (secondary N) is 2. The molecule has 9 nitrogen and oxygen atoms in total. The monoisotopic (exact) mass is 481 g/mol. The molecular weight excluding hydrogens is 442 g/mol. The zero-order chi connectivity index (χ0) is 24.5. The summed E-state index contributed by atoms with van der Waals surface area (Å²) in [6.07, 6.45) is 3.13. The van der Waals surface area contributed by atoms with Crippen molar-refractivity contribution < 1.29 is 4.79 Å². The highest BCUT2D eigenvalue weighted by molar-refractivity contribution is 5.74. The maximum atomic E-state index is 12.4. The number of benzene rings is 1. The number of amides is 2. The Labute approximate surface area is 208 Å². The minimum atomic E-state index is -0.119. The van der Waals surface area contributed by atoms with Gasteiger partial charge in [0.25, 0.3) is 5.56 Å². The van der Waals surface area contributed by atoms with Crippen molar-refractivity contribution in [2.75, 3.05) is 70.3 Å². The standard InChI is InChI=1S/C26H39N7O2/c1-2-3-10-27-26(35)33-18-16-32(17-19-33)25-28-23(20-24(34)29-25)21-31-14-12-30(13-15-31)11-9-22-7-5-4-6-8-22/h4-8,20H,2-3,9-19,21H2,1H3,(H,27,35)(H,28,29,34). The average molecular weight is 482 g/mol. The van der Waals surface area contributed by atoms with Crippen molar-refractivity contribution in [3.63, 3.8) is 0 Å². The van der Waals surface area contributed by atoms with Gasteiger partial charge in [-0.1, -0.05) is 43.7 Å². The van der Waals surface area contributed by atoms with Crippen molar-refractivity contribution in [2.45, 2.75) is 32.7 Å². The van der Waals surface area contributed by atoms with Gasteiger partial charge in [-0.05, 0) is 18.4 Å². The molecule has 1 aromatic heterocycles. The minimum absolute atomic E-state index is 0.00351. The second-order valence-corrected chi connectivity index (χ2v) is 9.47. The number of unbranched alkanes of at least 4 members (excludes halogenated alkanes) is 1. The van der Waals surface area contributed by atoms with Crippen LogP contribution in [0.25, 0.3) is 0 Å². The van der Waals surface area contributed by atoms with Gasteiger partial charge in [0.15, 0.2) is 0 Å². The Balaban J connectivity index is 1.24. The van der Waals surface area contributed by atoms with E-state index in [4.69, 9.17) is 4.98 Å². The number of rotatable bonds is 9. The summed E-state index contributed by atoms with van der Waals surface area (Å²) in [5, 5.41) is 2.98. The van der Waals surface area contributed by atoms with Gasteiger partial charge >= 0.3 is 6.03 Å². The molecule has 0 bridgehead atoms. The Morgan fingerprint density at radius 3 is 2.43 bits per heavy atom. The predicted molar refractivity (Wildman–Crippen MR) is 139 cm³/mol. The maximum Gasteiger partial charge on any atom is 0.317 e. The topological polar surface area (TPSA) is 87.8 Å². The Kier molecular flexibility index (Phi) is 9.14. The van der Waals surface area contributed by atoms with E-state index >= 15 is 0 Å².